The zero-order valence-electron chi connectivity index (χ0n) is 10.4. The maximum absolute atomic E-state index is 5.58. The van der Waals surface area contributed by atoms with E-state index in [4.69, 9.17) is 9.15 Å². The molecule has 4 heteroatoms. The van der Waals surface area contributed by atoms with Gasteiger partial charge in [-0.3, -0.25) is 0 Å². The van der Waals surface area contributed by atoms with Gasteiger partial charge in [0, 0.05) is 6.61 Å². The van der Waals surface area contributed by atoms with Crippen molar-refractivity contribution in [2.45, 2.75) is 38.3 Å². The fraction of sp³-hybridized carbons (Fsp3) is 0.692. The van der Waals surface area contributed by atoms with Crippen molar-refractivity contribution in [3.8, 4) is 0 Å². The molecule has 1 unspecified atom stereocenters. The van der Waals surface area contributed by atoms with Crippen LogP contribution in [0.3, 0.4) is 0 Å². The Hall–Kier alpha value is -0.320. The van der Waals surface area contributed by atoms with Crippen LogP contribution in [0.2, 0.25) is 0 Å². The summed E-state index contributed by atoms with van der Waals surface area (Å²) in [5.41, 5.74) is 0. The molecule has 0 aliphatic heterocycles. The van der Waals surface area contributed by atoms with E-state index < -0.39 is 0 Å². The van der Waals surface area contributed by atoms with E-state index in [9.17, 15) is 0 Å². The normalized spacial score (nSPS) is 25.6. The van der Waals surface area contributed by atoms with Crippen molar-refractivity contribution >= 4 is 15.9 Å². The first-order valence-corrected chi connectivity index (χ1v) is 7.05. The molecule has 1 N–H and O–H groups in total. The van der Waals surface area contributed by atoms with Crippen LogP contribution in [0.5, 0.6) is 0 Å². The fourth-order valence-electron chi connectivity index (χ4n) is 2.48. The van der Waals surface area contributed by atoms with Crippen molar-refractivity contribution in [1.29, 1.82) is 0 Å². The molecule has 17 heavy (non-hydrogen) atoms. The van der Waals surface area contributed by atoms with E-state index in [0.29, 0.717) is 12.1 Å². The molecule has 0 amide bonds. The first kappa shape index (κ1) is 13.1. The van der Waals surface area contributed by atoms with E-state index >= 15 is 0 Å². The summed E-state index contributed by atoms with van der Waals surface area (Å²) in [7, 11) is 1.98. The molecule has 1 fully saturated rings. The summed E-state index contributed by atoms with van der Waals surface area (Å²) in [5.74, 6) is 1.76. The molecule has 3 nitrogen and oxygen atoms in total. The minimum atomic E-state index is 0.298. The minimum absolute atomic E-state index is 0.298. The summed E-state index contributed by atoms with van der Waals surface area (Å²) in [6.07, 6.45) is 5.71. The van der Waals surface area contributed by atoms with E-state index in [1.807, 2.05) is 13.1 Å². The SMILES string of the molecule is CCOC1CC(CC(NC)c2occc2Br)C1. The van der Waals surface area contributed by atoms with Gasteiger partial charge in [0.2, 0.25) is 0 Å². The van der Waals surface area contributed by atoms with Crippen molar-refractivity contribution in [2.24, 2.45) is 5.92 Å². The van der Waals surface area contributed by atoms with Crippen molar-refractivity contribution in [2.75, 3.05) is 13.7 Å². The highest BCUT2D eigenvalue weighted by Gasteiger charge is 2.32. The molecule has 1 atom stereocenters. The quantitative estimate of drug-likeness (QED) is 0.873. The number of ether oxygens (including phenoxy) is 1. The molecule has 1 aromatic rings. The van der Waals surface area contributed by atoms with Crippen LogP contribution in [-0.2, 0) is 4.74 Å². The highest BCUT2D eigenvalue weighted by atomic mass is 79.9. The van der Waals surface area contributed by atoms with Crippen molar-refractivity contribution in [3.63, 3.8) is 0 Å². The molecule has 96 valence electrons. The van der Waals surface area contributed by atoms with Crippen molar-refractivity contribution < 1.29 is 9.15 Å². The third kappa shape index (κ3) is 3.12. The van der Waals surface area contributed by atoms with Crippen LogP contribution in [0, 0.1) is 5.92 Å². The van der Waals surface area contributed by atoms with Crippen LogP contribution in [0.25, 0.3) is 0 Å². The van der Waals surface area contributed by atoms with Crippen LogP contribution < -0.4 is 5.32 Å². The Balaban J connectivity index is 1.84. The molecule has 0 spiro atoms. The van der Waals surface area contributed by atoms with Gasteiger partial charge in [-0.2, -0.15) is 0 Å². The minimum Gasteiger partial charge on any atom is -0.466 e. The van der Waals surface area contributed by atoms with Crippen LogP contribution in [0.4, 0.5) is 0 Å². The number of hydrogen-bond donors (Lipinski definition) is 1. The second-order valence-electron chi connectivity index (χ2n) is 4.62. The zero-order chi connectivity index (χ0) is 12.3. The summed E-state index contributed by atoms with van der Waals surface area (Å²) in [4.78, 5) is 0. The molecule has 1 heterocycles. The Kier molecular flexibility index (Phi) is 4.65. The lowest BCUT2D eigenvalue weighted by Crippen LogP contribution is -2.34. The molecule has 0 saturated heterocycles. The largest absolute Gasteiger partial charge is 0.466 e. The monoisotopic (exact) mass is 301 g/mol. The van der Waals surface area contributed by atoms with E-state index in [2.05, 4.69) is 28.2 Å². The predicted octanol–water partition coefficient (Wildman–Crippen LogP) is 3.51. The second-order valence-corrected chi connectivity index (χ2v) is 5.48. The van der Waals surface area contributed by atoms with Crippen LogP contribution >= 0.6 is 15.9 Å². The van der Waals surface area contributed by atoms with Gasteiger partial charge in [-0.25, -0.2) is 0 Å². The van der Waals surface area contributed by atoms with Crippen molar-refractivity contribution in [3.05, 3.63) is 22.6 Å². The number of halogens is 1. The van der Waals surface area contributed by atoms with E-state index in [0.717, 1.165) is 29.2 Å². The number of rotatable bonds is 6. The first-order chi connectivity index (χ1) is 8.24. The van der Waals surface area contributed by atoms with E-state index in [1.165, 1.54) is 12.8 Å². The van der Waals surface area contributed by atoms with Gasteiger partial charge in [0.25, 0.3) is 0 Å². The average Bonchev–Trinajstić information content (AvgIpc) is 2.68. The van der Waals surface area contributed by atoms with Gasteiger partial charge < -0.3 is 14.5 Å². The van der Waals surface area contributed by atoms with Gasteiger partial charge >= 0.3 is 0 Å². The maximum atomic E-state index is 5.58. The average molecular weight is 302 g/mol. The summed E-state index contributed by atoms with van der Waals surface area (Å²) in [6.45, 7) is 2.89. The molecular formula is C13H20BrNO2. The maximum Gasteiger partial charge on any atom is 0.134 e. The Labute approximate surface area is 111 Å². The fourth-order valence-corrected chi connectivity index (χ4v) is 2.96. The molecule has 1 saturated carbocycles. The van der Waals surface area contributed by atoms with Gasteiger partial charge in [0.15, 0.2) is 0 Å². The molecule has 0 aromatic carbocycles. The van der Waals surface area contributed by atoms with Gasteiger partial charge in [-0.1, -0.05) is 0 Å². The standard InChI is InChI=1S/C13H20BrNO2/c1-3-16-10-6-9(7-10)8-12(15-2)13-11(14)4-5-17-13/h4-5,9-10,12,15H,3,6-8H2,1-2H3. The smallest absolute Gasteiger partial charge is 0.134 e. The molecule has 1 aliphatic carbocycles. The molecule has 1 aromatic heterocycles. The summed E-state index contributed by atoms with van der Waals surface area (Å²) in [5, 5.41) is 3.33. The summed E-state index contributed by atoms with van der Waals surface area (Å²) in [6, 6.07) is 2.25. The first-order valence-electron chi connectivity index (χ1n) is 6.26. The van der Waals surface area contributed by atoms with Crippen LogP contribution in [0.15, 0.2) is 21.2 Å². The van der Waals surface area contributed by atoms with E-state index in [-0.39, 0.29) is 0 Å². The third-order valence-electron chi connectivity index (χ3n) is 3.47. The lowest BCUT2D eigenvalue weighted by atomic mass is 9.78. The van der Waals surface area contributed by atoms with E-state index in [1.54, 1.807) is 6.26 Å². The lowest BCUT2D eigenvalue weighted by Gasteiger charge is -2.36. The topological polar surface area (TPSA) is 34.4 Å². The summed E-state index contributed by atoms with van der Waals surface area (Å²) < 4.78 is 12.2. The van der Waals surface area contributed by atoms with Gasteiger partial charge in [0.1, 0.15) is 5.76 Å². The molecular weight excluding hydrogens is 282 g/mol. The molecule has 1 aliphatic rings. The van der Waals surface area contributed by atoms with Gasteiger partial charge in [0.05, 0.1) is 22.9 Å². The Morgan fingerprint density at radius 2 is 2.35 bits per heavy atom. The second kappa shape index (κ2) is 6.03. The number of furan rings is 1. The molecule has 2 rings (SSSR count). The summed E-state index contributed by atoms with van der Waals surface area (Å²) >= 11 is 3.52. The lowest BCUT2D eigenvalue weighted by molar-refractivity contribution is -0.0295. The van der Waals surface area contributed by atoms with Gasteiger partial charge in [-0.15, -0.1) is 0 Å². The predicted molar refractivity (Wildman–Crippen MR) is 71.0 cm³/mol. The number of hydrogen-bond acceptors (Lipinski definition) is 3. The highest BCUT2D eigenvalue weighted by Crippen LogP contribution is 2.38. The zero-order valence-corrected chi connectivity index (χ0v) is 12.0. The molecule has 0 bridgehead atoms. The van der Waals surface area contributed by atoms with Gasteiger partial charge in [-0.05, 0) is 61.1 Å². The van der Waals surface area contributed by atoms with Crippen molar-refractivity contribution in [1.82, 2.24) is 5.32 Å². The van der Waals surface area contributed by atoms with Crippen LogP contribution in [0.1, 0.15) is 38.0 Å². The number of nitrogens with one attached hydrogen (secondary N) is 1. The Morgan fingerprint density at radius 3 is 2.88 bits per heavy atom. The Bertz CT molecular complexity index is 347. The van der Waals surface area contributed by atoms with Crippen LogP contribution in [-0.4, -0.2) is 19.8 Å². The Morgan fingerprint density at radius 1 is 1.59 bits per heavy atom. The highest BCUT2D eigenvalue weighted by molar-refractivity contribution is 9.10. The molecule has 0 radical (unpaired) electrons. The third-order valence-corrected chi connectivity index (χ3v) is 4.13.